The molecule has 2 atom stereocenters. The maximum atomic E-state index is 12.8. The van der Waals surface area contributed by atoms with Gasteiger partial charge in [0, 0.05) is 48.4 Å². The van der Waals surface area contributed by atoms with E-state index in [0.29, 0.717) is 17.3 Å². The lowest BCUT2D eigenvalue weighted by Gasteiger charge is -2.28. The zero-order valence-electron chi connectivity index (χ0n) is 17.7. The molecule has 0 spiro atoms. The van der Waals surface area contributed by atoms with Crippen LogP contribution >= 0.6 is 11.6 Å². The number of pyridine rings is 1. The Kier molecular flexibility index (Phi) is 5.57. The summed E-state index contributed by atoms with van der Waals surface area (Å²) in [5.41, 5.74) is 3.16. The van der Waals surface area contributed by atoms with Crippen molar-refractivity contribution in [3.63, 3.8) is 0 Å². The maximum absolute atomic E-state index is 12.8. The number of nitrogens with one attached hydrogen (secondary N) is 2. The molecule has 0 aromatic carbocycles. The molecule has 3 heterocycles. The van der Waals surface area contributed by atoms with Crippen LogP contribution in [0.15, 0.2) is 18.5 Å². The third kappa shape index (κ3) is 4.36. The van der Waals surface area contributed by atoms with Gasteiger partial charge in [0.25, 0.3) is 0 Å². The smallest absolute Gasteiger partial charge is 0.228 e. The van der Waals surface area contributed by atoms with Crippen molar-refractivity contribution < 1.29 is 9.59 Å². The Morgan fingerprint density at radius 1 is 1.23 bits per heavy atom. The normalized spacial score (nSPS) is 22.4. The van der Waals surface area contributed by atoms with Crippen LogP contribution in [0.25, 0.3) is 11.1 Å². The Balaban J connectivity index is 1.51. The number of amides is 2. The number of hydrogen-bond donors (Lipinski definition) is 2. The van der Waals surface area contributed by atoms with Crippen LogP contribution in [-0.4, -0.2) is 32.6 Å². The quantitative estimate of drug-likeness (QED) is 0.773. The number of carbonyl (C=O) groups is 2. The van der Waals surface area contributed by atoms with Gasteiger partial charge < -0.3 is 10.6 Å². The highest BCUT2D eigenvalue weighted by Gasteiger charge is 2.32. The lowest BCUT2D eigenvalue weighted by molar-refractivity contribution is -0.123. The second kappa shape index (κ2) is 8.02. The third-order valence-electron chi connectivity index (χ3n) is 6.02. The van der Waals surface area contributed by atoms with Gasteiger partial charge in [0.15, 0.2) is 0 Å². The molecule has 2 amide bonds. The molecule has 1 fully saturated rings. The molecule has 8 heteroatoms. The molecule has 1 aliphatic carbocycles. The zero-order chi connectivity index (χ0) is 21.5. The van der Waals surface area contributed by atoms with Crippen molar-refractivity contribution in [2.45, 2.75) is 65.5 Å². The molecule has 2 aromatic heterocycles. The van der Waals surface area contributed by atoms with Crippen molar-refractivity contribution in [1.82, 2.24) is 20.1 Å². The van der Waals surface area contributed by atoms with Crippen LogP contribution in [0.1, 0.15) is 52.1 Å². The number of aromatic nitrogens is 3. The van der Waals surface area contributed by atoms with Gasteiger partial charge in [-0.3, -0.25) is 14.3 Å². The zero-order valence-corrected chi connectivity index (χ0v) is 18.4. The average molecular weight is 430 g/mol. The summed E-state index contributed by atoms with van der Waals surface area (Å²) in [6.45, 7) is 6.84. The van der Waals surface area contributed by atoms with Gasteiger partial charge in [0.05, 0.1) is 11.2 Å². The number of anilines is 1. The number of rotatable bonds is 4. The van der Waals surface area contributed by atoms with Crippen molar-refractivity contribution in [1.29, 1.82) is 0 Å². The molecule has 2 unspecified atom stereocenters. The number of nitrogens with zero attached hydrogens (tertiary/aromatic N) is 3. The summed E-state index contributed by atoms with van der Waals surface area (Å²) in [6.07, 6.45) is 7.65. The van der Waals surface area contributed by atoms with E-state index in [9.17, 15) is 9.59 Å². The van der Waals surface area contributed by atoms with Crippen LogP contribution in [0, 0.1) is 11.3 Å². The summed E-state index contributed by atoms with van der Waals surface area (Å²) >= 11 is 6.46. The monoisotopic (exact) mass is 429 g/mol. The van der Waals surface area contributed by atoms with E-state index >= 15 is 0 Å². The fraction of sp³-hybridized carbons (Fsp3) is 0.545. The molecule has 0 bridgehead atoms. The summed E-state index contributed by atoms with van der Waals surface area (Å²) in [5, 5.41) is 10.9. The average Bonchev–Trinajstić information content (AvgIpc) is 3.18. The van der Waals surface area contributed by atoms with Crippen molar-refractivity contribution in [3.8, 4) is 11.1 Å². The van der Waals surface area contributed by atoms with E-state index in [0.717, 1.165) is 49.0 Å². The predicted molar refractivity (Wildman–Crippen MR) is 116 cm³/mol. The van der Waals surface area contributed by atoms with E-state index in [2.05, 4.69) is 34.6 Å². The van der Waals surface area contributed by atoms with Gasteiger partial charge in [-0.05, 0) is 37.2 Å². The second-order valence-corrected chi connectivity index (χ2v) is 9.71. The van der Waals surface area contributed by atoms with Crippen LogP contribution in [0.3, 0.4) is 0 Å². The molecular formula is C22H28ClN5O2. The molecule has 4 rings (SSSR count). The molecule has 2 N–H and O–H groups in total. The molecule has 7 nitrogen and oxygen atoms in total. The number of fused-ring (bicyclic) bond motifs is 1. The Hall–Kier alpha value is -2.41. The van der Waals surface area contributed by atoms with Gasteiger partial charge in [-0.25, -0.2) is 4.98 Å². The summed E-state index contributed by atoms with van der Waals surface area (Å²) in [5.74, 6) is 0.227. The first kappa shape index (κ1) is 20.8. The van der Waals surface area contributed by atoms with Gasteiger partial charge in [0.1, 0.15) is 5.82 Å². The number of hydrogen-bond acceptors (Lipinski definition) is 4. The molecule has 30 heavy (non-hydrogen) atoms. The third-order valence-corrected chi connectivity index (χ3v) is 6.32. The molecule has 2 aliphatic rings. The Labute approximate surface area is 181 Å². The molecule has 160 valence electrons. The topological polar surface area (TPSA) is 88.9 Å². The summed E-state index contributed by atoms with van der Waals surface area (Å²) in [4.78, 5) is 28.5. The minimum absolute atomic E-state index is 0.0537. The second-order valence-electron chi connectivity index (χ2n) is 9.30. The van der Waals surface area contributed by atoms with Crippen molar-refractivity contribution in [2.75, 3.05) is 5.32 Å². The van der Waals surface area contributed by atoms with Gasteiger partial charge in [-0.2, -0.15) is 5.10 Å². The van der Waals surface area contributed by atoms with E-state index < -0.39 is 0 Å². The first-order chi connectivity index (χ1) is 14.2. The summed E-state index contributed by atoms with van der Waals surface area (Å²) in [6, 6.07) is 1.89. The summed E-state index contributed by atoms with van der Waals surface area (Å²) < 4.78 is 2.04. The van der Waals surface area contributed by atoms with Crippen LogP contribution in [0.5, 0.6) is 0 Å². The highest BCUT2D eigenvalue weighted by molar-refractivity contribution is 6.33. The molecule has 2 aromatic rings. The molecule has 1 aliphatic heterocycles. The van der Waals surface area contributed by atoms with Gasteiger partial charge in [-0.15, -0.1) is 0 Å². The van der Waals surface area contributed by atoms with Crippen LogP contribution in [0.4, 0.5) is 5.82 Å². The van der Waals surface area contributed by atoms with Crippen LogP contribution in [0.2, 0.25) is 5.02 Å². The fourth-order valence-electron chi connectivity index (χ4n) is 4.66. The minimum atomic E-state index is -0.141. The SMILES string of the molecule is CC(=O)NC1CCCC(C(=O)Nc2cc(-c3cnn4c3CC(C)(C)C4)c(Cl)cn2)C1. The molecule has 0 saturated heterocycles. The van der Waals surface area contributed by atoms with Gasteiger partial charge in [0.2, 0.25) is 11.8 Å². The predicted octanol–water partition coefficient (Wildman–Crippen LogP) is 3.81. The molecule has 0 radical (unpaired) electrons. The van der Waals surface area contributed by atoms with E-state index in [-0.39, 0.29) is 29.2 Å². The fourth-order valence-corrected chi connectivity index (χ4v) is 4.87. The number of carbonyl (C=O) groups excluding carboxylic acids is 2. The maximum Gasteiger partial charge on any atom is 0.228 e. The largest absolute Gasteiger partial charge is 0.354 e. The molecular weight excluding hydrogens is 402 g/mol. The minimum Gasteiger partial charge on any atom is -0.354 e. The van der Waals surface area contributed by atoms with E-state index in [1.54, 1.807) is 6.20 Å². The standard InChI is InChI=1S/C22H28ClN5O2/c1-13(29)26-15-6-4-5-14(7-15)21(30)27-20-8-16(18(23)11-24-20)17-10-25-28-12-22(2,3)9-19(17)28/h8,10-11,14-15H,4-7,9,12H2,1-3H3,(H,26,29)(H,24,27,30). The van der Waals surface area contributed by atoms with E-state index in [1.807, 2.05) is 16.9 Å². The molecule has 1 saturated carbocycles. The van der Waals surface area contributed by atoms with Crippen LogP contribution in [-0.2, 0) is 22.6 Å². The highest BCUT2D eigenvalue weighted by Crippen LogP contribution is 2.39. The first-order valence-corrected chi connectivity index (χ1v) is 10.9. The lowest BCUT2D eigenvalue weighted by atomic mass is 9.85. The summed E-state index contributed by atoms with van der Waals surface area (Å²) in [7, 11) is 0. The lowest BCUT2D eigenvalue weighted by Crippen LogP contribution is -2.40. The Morgan fingerprint density at radius 3 is 2.80 bits per heavy atom. The van der Waals surface area contributed by atoms with Gasteiger partial charge in [-0.1, -0.05) is 31.9 Å². The van der Waals surface area contributed by atoms with Crippen LogP contribution < -0.4 is 10.6 Å². The Bertz CT molecular complexity index is 984. The van der Waals surface area contributed by atoms with Crippen molar-refractivity contribution in [3.05, 3.63) is 29.2 Å². The van der Waals surface area contributed by atoms with E-state index in [1.165, 1.54) is 6.92 Å². The van der Waals surface area contributed by atoms with E-state index in [4.69, 9.17) is 11.6 Å². The van der Waals surface area contributed by atoms with Crippen molar-refractivity contribution in [2.24, 2.45) is 11.3 Å². The Morgan fingerprint density at radius 2 is 2.03 bits per heavy atom. The first-order valence-electron chi connectivity index (χ1n) is 10.5. The van der Waals surface area contributed by atoms with Crippen molar-refractivity contribution >= 4 is 29.2 Å². The number of halogens is 1. The highest BCUT2D eigenvalue weighted by atomic mass is 35.5. The van der Waals surface area contributed by atoms with Gasteiger partial charge >= 0.3 is 0 Å².